The number of aryl methyl sites for hydroxylation is 1. The van der Waals surface area contributed by atoms with E-state index in [0.717, 1.165) is 31.5 Å². The van der Waals surface area contributed by atoms with Crippen molar-refractivity contribution in [2.75, 3.05) is 25.1 Å². The molecule has 230 valence electrons. The molecule has 0 atom stereocenters. The second-order valence-corrected chi connectivity index (χ2v) is 14.0. The van der Waals surface area contributed by atoms with Gasteiger partial charge in [-0.05, 0) is 85.4 Å². The fourth-order valence-corrected chi connectivity index (χ4v) is 6.69. The van der Waals surface area contributed by atoms with Crippen molar-refractivity contribution in [3.8, 4) is 33.8 Å². The minimum absolute atomic E-state index is 0.0888. The number of aromatic amines is 2. The number of aromatic nitrogens is 6. The molecule has 1 fully saturated rings. The molecule has 0 aliphatic carbocycles. The van der Waals surface area contributed by atoms with Gasteiger partial charge in [0, 0.05) is 48.1 Å². The predicted molar refractivity (Wildman–Crippen MR) is 170 cm³/mol. The van der Waals surface area contributed by atoms with Crippen molar-refractivity contribution in [3.05, 3.63) is 83.8 Å². The molecule has 7 rings (SSSR count). The summed E-state index contributed by atoms with van der Waals surface area (Å²) in [6, 6.07) is 11.7. The van der Waals surface area contributed by atoms with E-state index in [9.17, 15) is 12.8 Å². The first-order chi connectivity index (χ1) is 21.7. The summed E-state index contributed by atoms with van der Waals surface area (Å²) in [6.07, 6.45) is 10.0. The highest BCUT2D eigenvalue weighted by atomic mass is 32.2. The van der Waals surface area contributed by atoms with Gasteiger partial charge >= 0.3 is 0 Å². The number of fused-ring (bicyclic) bond motifs is 2. The van der Waals surface area contributed by atoms with Crippen LogP contribution in [0.15, 0.2) is 61.1 Å². The summed E-state index contributed by atoms with van der Waals surface area (Å²) in [7, 11) is -3.21. The van der Waals surface area contributed by atoms with Crippen molar-refractivity contribution < 1.29 is 17.2 Å². The Kier molecular flexibility index (Phi) is 7.62. The summed E-state index contributed by atoms with van der Waals surface area (Å²) >= 11 is 0. The summed E-state index contributed by atoms with van der Waals surface area (Å²) in [5, 5.41) is 7.60. The predicted octanol–water partition coefficient (Wildman–Crippen LogP) is 6.08. The summed E-state index contributed by atoms with van der Waals surface area (Å²) in [5.74, 6) is -0.711. The standard InChI is InChI=1S/C33H31F2N7O2S/c1-45(43,44)12-8-20-13-22(16-24(34)15-20)26-7-9-37-32-30(26)38-33(39-32)31-28-27(40-41-31)6-5-25(29(28)35)23-14-21(17-36-18-23)19-42-10-3-2-4-11-42/h5-7,9,13-18H,2-4,8,10-12,19H2,1H3,(H,40,41)(H,37,38,39). The van der Waals surface area contributed by atoms with Crippen molar-refractivity contribution in [1.82, 2.24) is 35.0 Å². The van der Waals surface area contributed by atoms with E-state index in [1.54, 1.807) is 36.7 Å². The van der Waals surface area contributed by atoms with E-state index in [1.165, 1.54) is 31.4 Å². The maximum Gasteiger partial charge on any atom is 0.178 e. The van der Waals surface area contributed by atoms with Crippen LogP contribution in [-0.2, 0) is 22.8 Å². The second-order valence-electron chi connectivity index (χ2n) is 11.7. The largest absolute Gasteiger partial charge is 0.335 e. The Hall–Kier alpha value is -4.55. The summed E-state index contributed by atoms with van der Waals surface area (Å²) in [4.78, 5) is 19.1. The van der Waals surface area contributed by atoms with Crippen LogP contribution in [0.5, 0.6) is 0 Å². The van der Waals surface area contributed by atoms with Crippen LogP contribution < -0.4 is 0 Å². The number of likely N-dealkylation sites (tertiary alicyclic amines) is 1. The molecular formula is C33H31F2N7O2S. The third-order valence-electron chi connectivity index (χ3n) is 8.27. The lowest BCUT2D eigenvalue weighted by Crippen LogP contribution is -2.29. The molecule has 1 aliphatic rings. The highest BCUT2D eigenvalue weighted by Gasteiger charge is 2.21. The number of nitrogens with zero attached hydrogens (tertiary/aromatic N) is 5. The van der Waals surface area contributed by atoms with Gasteiger partial charge in [0.2, 0.25) is 0 Å². The van der Waals surface area contributed by atoms with Crippen molar-refractivity contribution in [2.45, 2.75) is 32.2 Å². The molecule has 2 aromatic carbocycles. The van der Waals surface area contributed by atoms with Crippen LogP contribution >= 0.6 is 0 Å². The number of rotatable bonds is 8. The van der Waals surface area contributed by atoms with Gasteiger partial charge in [-0.3, -0.25) is 15.0 Å². The zero-order chi connectivity index (χ0) is 31.1. The molecule has 0 amide bonds. The number of nitrogens with one attached hydrogen (secondary N) is 2. The van der Waals surface area contributed by atoms with Crippen LogP contribution in [0.3, 0.4) is 0 Å². The molecular weight excluding hydrogens is 596 g/mol. The topological polar surface area (TPSA) is 121 Å². The molecule has 45 heavy (non-hydrogen) atoms. The molecule has 0 radical (unpaired) electrons. The van der Waals surface area contributed by atoms with Crippen molar-refractivity contribution >= 4 is 31.9 Å². The quantitative estimate of drug-likeness (QED) is 0.210. The number of hydrogen-bond acceptors (Lipinski definition) is 7. The number of sulfone groups is 1. The molecule has 0 saturated carbocycles. The van der Waals surface area contributed by atoms with E-state index in [-0.39, 0.29) is 17.6 Å². The maximum atomic E-state index is 16.3. The molecule has 12 heteroatoms. The lowest BCUT2D eigenvalue weighted by molar-refractivity contribution is 0.220. The maximum absolute atomic E-state index is 16.3. The molecule has 0 bridgehead atoms. The number of halogens is 2. The second kappa shape index (κ2) is 11.8. The average Bonchev–Trinajstić information content (AvgIpc) is 3.65. The summed E-state index contributed by atoms with van der Waals surface area (Å²) < 4.78 is 54.4. The lowest BCUT2D eigenvalue weighted by atomic mass is 10.0. The molecule has 2 N–H and O–H groups in total. The molecule has 0 spiro atoms. The van der Waals surface area contributed by atoms with Crippen LogP contribution in [-0.4, -0.2) is 68.5 Å². The van der Waals surface area contributed by atoms with Gasteiger partial charge in [-0.15, -0.1) is 0 Å². The SMILES string of the molecule is CS(=O)(=O)CCc1cc(F)cc(-c2ccnc3nc(-c4n[nH]c5ccc(-c6cncc(CN7CCCCC7)c6)c(F)c45)[nH]c23)c1. The smallest absolute Gasteiger partial charge is 0.178 e. The van der Waals surface area contributed by atoms with Gasteiger partial charge in [0.25, 0.3) is 0 Å². The third kappa shape index (κ3) is 6.07. The van der Waals surface area contributed by atoms with Crippen molar-refractivity contribution in [3.63, 3.8) is 0 Å². The van der Waals surface area contributed by atoms with Gasteiger partial charge in [0.05, 0.1) is 22.2 Å². The van der Waals surface area contributed by atoms with Crippen molar-refractivity contribution in [2.24, 2.45) is 0 Å². The van der Waals surface area contributed by atoms with Gasteiger partial charge in [-0.25, -0.2) is 27.2 Å². The number of benzene rings is 2. The van der Waals surface area contributed by atoms with E-state index >= 15 is 4.39 Å². The van der Waals surface area contributed by atoms with E-state index in [0.29, 0.717) is 56.0 Å². The highest BCUT2D eigenvalue weighted by Crippen LogP contribution is 2.35. The molecule has 9 nitrogen and oxygen atoms in total. The average molecular weight is 628 g/mol. The number of piperidine rings is 1. The first kappa shape index (κ1) is 29.2. The summed E-state index contributed by atoms with van der Waals surface area (Å²) in [6.45, 7) is 2.89. The molecule has 6 aromatic rings. The Bertz CT molecular complexity index is 2150. The first-order valence-electron chi connectivity index (χ1n) is 14.9. The minimum Gasteiger partial charge on any atom is -0.335 e. The van der Waals surface area contributed by atoms with Crippen LogP contribution in [0.25, 0.3) is 55.8 Å². The van der Waals surface area contributed by atoms with E-state index in [4.69, 9.17) is 0 Å². The van der Waals surface area contributed by atoms with Crippen LogP contribution in [0.4, 0.5) is 8.78 Å². The van der Waals surface area contributed by atoms with Crippen LogP contribution in [0.1, 0.15) is 30.4 Å². The Morgan fingerprint density at radius 3 is 2.58 bits per heavy atom. The zero-order valence-corrected chi connectivity index (χ0v) is 25.5. The van der Waals surface area contributed by atoms with Gasteiger partial charge in [-0.1, -0.05) is 12.5 Å². The monoisotopic (exact) mass is 627 g/mol. The van der Waals surface area contributed by atoms with Crippen LogP contribution in [0.2, 0.25) is 0 Å². The van der Waals surface area contributed by atoms with Gasteiger partial charge in [0.15, 0.2) is 11.5 Å². The molecule has 1 aliphatic heterocycles. The lowest BCUT2D eigenvalue weighted by Gasteiger charge is -2.26. The normalized spacial score (nSPS) is 14.5. The van der Waals surface area contributed by atoms with Gasteiger partial charge < -0.3 is 4.98 Å². The summed E-state index contributed by atoms with van der Waals surface area (Å²) in [5.41, 5.74) is 5.53. The minimum atomic E-state index is -3.21. The molecule has 1 saturated heterocycles. The van der Waals surface area contributed by atoms with E-state index in [2.05, 4.69) is 35.0 Å². The Morgan fingerprint density at radius 1 is 0.933 bits per heavy atom. The Morgan fingerprint density at radius 2 is 1.76 bits per heavy atom. The number of H-pyrrole nitrogens is 2. The highest BCUT2D eigenvalue weighted by molar-refractivity contribution is 7.90. The third-order valence-corrected chi connectivity index (χ3v) is 9.22. The van der Waals surface area contributed by atoms with Gasteiger partial charge in [-0.2, -0.15) is 5.10 Å². The number of hydrogen-bond donors (Lipinski definition) is 2. The van der Waals surface area contributed by atoms with Crippen LogP contribution in [0, 0.1) is 11.6 Å². The number of pyridine rings is 2. The Labute approximate surface area is 258 Å². The number of imidazole rings is 1. The molecule has 5 heterocycles. The van der Waals surface area contributed by atoms with E-state index < -0.39 is 21.5 Å². The molecule has 0 unspecified atom stereocenters. The van der Waals surface area contributed by atoms with E-state index in [1.807, 2.05) is 12.3 Å². The zero-order valence-electron chi connectivity index (χ0n) is 24.6. The fourth-order valence-electron chi connectivity index (χ4n) is 6.08. The van der Waals surface area contributed by atoms with Gasteiger partial charge in [0.1, 0.15) is 27.2 Å². The first-order valence-corrected chi connectivity index (χ1v) is 16.9. The Balaban J connectivity index is 1.26. The fraction of sp³-hybridized carbons (Fsp3) is 0.273. The molecule has 4 aromatic heterocycles. The van der Waals surface area contributed by atoms with Crippen molar-refractivity contribution in [1.29, 1.82) is 0 Å².